The van der Waals surface area contributed by atoms with Crippen LogP contribution in [0.2, 0.25) is 0 Å². The van der Waals surface area contributed by atoms with Gasteiger partial charge < -0.3 is 14.2 Å². The van der Waals surface area contributed by atoms with Crippen molar-refractivity contribution in [2.75, 3.05) is 11.5 Å². The quantitative estimate of drug-likeness (QED) is 0.441. The third-order valence-electron chi connectivity index (χ3n) is 5.61. The van der Waals surface area contributed by atoms with Gasteiger partial charge in [0.05, 0.1) is 12.3 Å². The second kappa shape index (κ2) is 11.6. The van der Waals surface area contributed by atoms with Gasteiger partial charge in [-0.05, 0) is 44.7 Å². The van der Waals surface area contributed by atoms with Crippen LogP contribution in [0.5, 0.6) is 0 Å². The Morgan fingerprint density at radius 3 is 2.13 bits per heavy atom. The van der Waals surface area contributed by atoms with Crippen LogP contribution in [0.25, 0.3) is 5.69 Å². The molecular formula is C25H36N2O3. The molecule has 2 aromatic rings. The van der Waals surface area contributed by atoms with Crippen LogP contribution >= 0.6 is 0 Å². The zero-order valence-electron chi connectivity index (χ0n) is 19.0. The van der Waals surface area contributed by atoms with Crippen molar-refractivity contribution in [1.29, 1.82) is 0 Å². The second-order valence-electron chi connectivity index (χ2n) is 8.49. The lowest BCUT2D eigenvalue weighted by Crippen LogP contribution is -2.30. The van der Waals surface area contributed by atoms with E-state index in [1.807, 2.05) is 48.7 Å². The zero-order chi connectivity index (χ0) is 22.1. The third-order valence-corrected chi connectivity index (χ3v) is 5.61. The van der Waals surface area contributed by atoms with Crippen molar-refractivity contribution in [3.8, 4) is 5.69 Å². The van der Waals surface area contributed by atoms with E-state index in [-0.39, 0.29) is 12.6 Å². The minimum Gasteiger partial charge on any atom is -0.462 e. The monoisotopic (exact) mass is 412 g/mol. The number of carbonyl (C=O) groups excluding carboxylic acids is 2. The van der Waals surface area contributed by atoms with Gasteiger partial charge in [0.15, 0.2) is 0 Å². The summed E-state index contributed by atoms with van der Waals surface area (Å²) in [4.78, 5) is 25.1. The molecule has 1 amide bonds. The molecule has 0 bridgehead atoms. The van der Waals surface area contributed by atoms with E-state index < -0.39 is 5.97 Å². The van der Waals surface area contributed by atoms with Gasteiger partial charge in [-0.1, -0.05) is 57.7 Å². The minimum absolute atomic E-state index is 0.0581. The topological polar surface area (TPSA) is 51.5 Å². The van der Waals surface area contributed by atoms with E-state index in [0.29, 0.717) is 11.3 Å². The number of hydrogen-bond donors (Lipinski definition) is 0. The predicted molar refractivity (Wildman–Crippen MR) is 122 cm³/mol. The molecule has 5 heteroatoms. The van der Waals surface area contributed by atoms with Gasteiger partial charge in [0.1, 0.15) is 5.56 Å². The fourth-order valence-corrected chi connectivity index (χ4v) is 3.65. The maximum absolute atomic E-state index is 12.2. The molecular weight excluding hydrogens is 376 g/mol. The molecule has 1 fully saturated rings. The summed E-state index contributed by atoms with van der Waals surface area (Å²) in [5.74, 6) is 1.61. The lowest BCUT2D eigenvalue weighted by Gasteiger charge is -2.22. The summed E-state index contributed by atoms with van der Waals surface area (Å²) in [7, 11) is 0. The minimum atomic E-state index is -0.431. The number of carbonyl (C=O) groups is 2. The number of anilines is 1. The molecule has 5 nitrogen and oxygen atoms in total. The molecule has 1 aliphatic carbocycles. The Morgan fingerprint density at radius 1 is 1.10 bits per heavy atom. The number of aromatic nitrogens is 1. The normalized spacial score (nSPS) is 18.3. The Balaban J connectivity index is 0.000000335. The van der Waals surface area contributed by atoms with Crippen molar-refractivity contribution in [3.63, 3.8) is 0 Å². The van der Waals surface area contributed by atoms with Crippen LogP contribution in [0.15, 0.2) is 42.7 Å². The lowest BCUT2D eigenvalue weighted by atomic mass is 9.84. The number of benzene rings is 1. The third kappa shape index (κ3) is 6.48. The van der Waals surface area contributed by atoms with Gasteiger partial charge in [0, 0.05) is 24.1 Å². The Labute approximate surface area is 181 Å². The Kier molecular flexibility index (Phi) is 9.15. The molecule has 3 rings (SSSR count). The Hall–Kier alpha value is -2.56. The number of hydrogen-bond acceptors (Lipinski definition) is 3. The molecule has 1 saturated carbocycles. The molecule has 164 valence electrons. The van der Waals surface area contributed by atoms with Crippen LogP contribution < -0.4 is 4.90 Å². The van der Waals surface area contributed by atoms with Gasteiger partial charge in [0.2, 0.25) is 6.41 Å². The maximum atomic E-state index is 12.2. The number of esters is 1. The Bertz CT molecular complexity index is 780. The fourth-order valence-electron chi connectivity index (χ4n) is 3.65. The first-order valence-corrected chi connectivity index (χ1v) is 11.1. The highest BCUT2D eigenvalue weighted by Crippen LogP contribution is 2.27. The van der Waals surface area contributed by atoms with Gasteiger partial charge in [-0.15, -0.1) is 0 Å². The summed E-state index contributed by atoms with van der Waals surface area (Å²) in [6.45, 7) is 10.6. The van der Waals surface area contributed by atoms with Gasteiger partial charge in [-0.3, -0.25) is 4.79 Å². The van der Waals surface area contributed by atoms with Crippen LogP contribution in [0.1, 0.15) is 70.7 Å². The predicted octanol–water partition coefficient (Wildman–Crippen LogP) is 5.86. The molecule has 0 saturated heterocycles. The van der Waals surface area contributed by atoms with E-state index in [1.165, 1.54) is 30.6 Å². The molecule has 0 radical (unpaired) electrons. The average molecular weight is 413 g/mol. The summed E-state index contributed by atoms with van der Waals surface area (Å²) in [6, 6.07) is 9.56. The van der Waals surface area contributed by atoms with Crippen molar-refractivity contribution < 1.29 is 14.3 Å². The molecule has 0 N–H and O–H groups in total. The number of amides is 1. The first kappa shape index (κ1) is 23.7. The molecule has 1 aromatic heterocycles. The number of rotatable bonds is 6. The summed E-state index contributed by atoms with van der Waals surface area (Å²) in [6.07, 6.45) is 10.1. The first-order valence-electron chi connectivity index (χ1n) is 11.1. The molecule has 1 heterocycles. The number of nitrogens with zero attached hydrogens (tertiary/aromatic N) is 2. The van der Waals surface area contributed by atoms with Crippen molar-refractivity contribution in [1.82, 2.24) is 4.57 Å². The van der Waals surface area contributed by atoms with E-state index >= 15 is 0 Å². The van der Waals surface area contributed by atoms with Crippen LogP contribution in [0.3, 0.4) is 0 Å². The highest BCUT2D eigenvalue weighted by Gasteiger charge is 2.22. The van der Waals surface area contributed by atoms with Gasteiger partial charge in [-0.25, -0.2) is 4.79 Å². The van der Waals surface area contributed by atoms with Gasteiger partial charge in [0.25, 0.3) is 0 Å². The van der Waals surface area contributed by atoms with Crippen molar-refractivity contribution in [2.45, 2.75) is 66.3 Å². The average Bonchev–Trinajstić information content (AvgIpc) is 3.17. The molecule has 30 heavy (non-hydrogen) atoms. The fraction of sp³-hybridized carbons (Fsp3) is 0.520. The number of ether oxygens (including phenoxy) is 1. The zero-order valence-corrected chi connectivity index (χ0v) is 19.0. The van der Waals surface area contributed by atoms with E-state index in [4.69, 9.17) is 4.74 Å². The van der Waals surface area contributed by atoms with Crippen LogP contribution in [0.4, 0.5) is 5.69 Å². The van der Waals surface area contributed by atoms with Crippen molar-refractivity contribution >= 4 is 18.1 Å². The summed E-state index contributed by atoms with van der Waals surface area (Å²) in [5.41, 5.74) is 1.84. The molecule has 0 atom stereocenters. The molecule has 0 unspecified atom stereocenters. The standard InChI is InChI=1S/C17H20N2O3.C8H16/c1-4-22-17(21)15-10-18(14-8-6-5-7-9-14)11-16(15)19(12-20)13(2)3;1-7-3-5-8(2)6-4-7/h5-13H,4H2,1-3H3;7-8H,3-6H2,1-2H3. The molecule has 1 aliphatic rings. The first-order chi connectivity index (χ1) is 14.4. The van der Waals surface area contributed by atoms with Crippen LogP contribution in [0, 0.1) is 11.8 Å². The lowest BCUT2D eigenvalue weighted by molar-refractivity contribution is -0.107. The van der Waals surface area contributed by atoms with Gasteiger partial charge >= 0.3 is 5.97 Å². The molecule has 0 aliphatic heterocycles. The van der Waals surface area contributed by atoms with Crippen molar-refractivity contribution in [2.24, 2.45) is 11.8 Å². The molecule has 0 spiro atoms. The summed E-state index contributed by atoms with van der Waals surface area (Å²) in [5, 5.41) is 0. The van der Waals surface area contributed by atoms with Gasteiger partial charge in [-0.2, -0.15) is 0 Å². The SMILES string of the molecule is CC1CCC(C)CC1.CCOC(=O)c1cn(-c2ccccc2)cc1N(C=O)C(C)C. The Morgan fingerprint density at radius 2 is 1.67 bits per heavy atom. The van der Waals surface area contributed by atoms with Crippen LogP contribution in [-0.4, -0.2) is 29.6 Å². The number of para-hydroxylation sites is 1. The highest BCUT2D eigenvalue weighted by molar-refractivity contribution is 5.98. The largest absolute Gasteiger partial charge is 0.462 e. The highest BCUT2D eigenvalue weighted by atomic mass is 16.5. The smallest absolute Gasteiger partial charge is 0.341 e. The van der Waals surface area contributed by atoms with Crippen molar-refractivity contribution in [3.05, 3.63) is 48.3 Å². The summed E-state index contributed by atoms with van der Waals surface area (Å²) < 4.78 is 6.92. The molecule has 1 aromatic carbocycles. The second-order valence-corrected chi connectivity index (χ2v) is 8.49. The van der Waals surface area contributed by atoms with E-state index in [0.717, 1.165) is 23.9 Å². The van der Waals surface area contributed by atoms with E-state index in [1.54, 1.807) is 19.3 Å². The maximum Gasteiger partial charge on any atom is 0.341 e. The summed E-state index contributed by atoms with van der Waals surface area (Å²) >= 11 is 0. The van der Waals surface area contributed by atoms with E-state index in [9.17, 15) is 9.59 Å². The van der Waals surface area contributed by atoms with E-state index in [2.05, 4.69) is 13.8 Å². The van der Waals surface area contributed by atoms with Crippen LogP contribution in [-0.2, 0) is 9.53 Å².